The number of nitrogens with zero attached hydrogens (tertiary/aromatic N) is 1. The predicted molar refractivity (Wildman–Crippen MR) is 53.5 cm³/mol. The second kappa shape index (κ2) is 4.11. The van der Waals surface area contributed by atoms with Crippen LogP contribution in [0.5, 0.6) is 0 Å². The molecule has 2 aliphatic heterocycles. The topological polar surface area (TPSA) is 86.7 Å². The number of amides is 2. The summed E-state index contributed by atoms with van der Waals surface area (Å²) in [5.41, 5.74) is 0. The van der Waals surface area contributed by atoms with E-state index >= 15 is 0 Å². The second-order valence-corrected chi connectivity index (χ2v) is 4.34. The molecule has 2 amide bonds. The maximum atomic E-state index is 11.5. The molecule has 0 saturated carbocycles. The van der Waals surface area contributed by atoms with E-state index in [0.29, 0.717) is 13.0 Å². The van der Waals surface area contributed by atoms with Gasteiger partial charge in [0.1, 0.15) is 0 Å². The normalized spacial score (nSPS) is 29.6. The van der Waals surface area contributed by atoms with Crippen LogP contribution < -0.4 is 5.32 Å². The molecular formula is C10H14N2O4. The molecule has 0 aromatic rings. The van der Waals surface area contributed by atoms with Gasteiger partial charge in [-0.05, 0) is 6.42 Å². The highest BCUT2D eigenvalue weighted by Crippen LogP contribution is 2.19. The number of hydrogen-bond acceptors (Lipinski definition) is 3. The molecule has 6 heteroatoms. The summed E-state index contributed by atoms with van der Waals surface area (Å²) in [5, 5.41) is 11.6. The van der Waals surface area contributed by atoms with Crippen LogP contribution in [-0.2, 0) is 14.4 Å². The first-order valence-electron chi connectivity index (χ1n) is 5.36. The average Bonchev–Trinajstić information content (AvgIpc) is 2.75. The molecule has 2 aliphatic rings. The van der Waals surface area contributed by atoms with Crippen LogP contribution in [0.3, 0.4) is 0 Å². The Balaban J connectivity index is 1.89. The number of rotatable bonds is 3. The second-order valence-electron chi connectivity index (χ2n) is 4.34. The molecule has 2 atom stereocenters. The monoisotopic (exact) mass is 226 g/mol. The van der Waals surface area contributed by atoms with Crippen molar-refractivity contribution in [3.05, 3.63) is 0 Å². The van der Waals surface area contributed by atoms with Gasteiger partial charge >= 0.3 is 5.97 Å². The van der Waals surface area contributed by atoms with E-state index in [0.717, 1.165) is 6.42 Å². The zero-order valence-corrected chi connectivity index (χ0v) is 8.81. The Kier molecular flexibility index (Phi) is 2.80. The largest absolute Gasteiger partial charge is 0.481 e. The van der Waals surface area contributed by atoms with Crippen LogP contribution in [0.4, 0.5) is 0 Å². The highest BCUT2D eigenvalue weighted by Gasteiger charge is 2.36. The van der Waals surface area contributed by atoms with Crippen molar-refractivity contribution in [2.45, 2.75) is 25.3 Å². The molecule has 0 aromatic heterocycles. The molecule has 2 fully saturated rings. The number of likely N-dealkylation sites (tertiary alicyclic amines) is 1. The Morgan fingerprint density at radius 1 is 1.50 bits per heavy atom. The summed E-state index contributed by atoms with van der Waals surface area (Å²) in [7, 11) is 0. The van der Waals surface area contributed by atoms with Gasteiger partial charge < -0.3 is 15.3 Å². The van der Waals surface area contributed by atoms with Crippen LogP contribution in [0.2, 0.25) is 0 Å². The Hall–Kier alpha value is -1.59. The summed E-state index contributed by atoms with van der Waals surface area (Å²) in [5.74, 6) is -1.64. The molecular weight excluding hydrogens is 212 g/mol. The summed E-state index contributed by atoms with van der Waals surface area (Å²) in [6, 6.07) is -0.0102. The Labute approximate surface area is 92.6 Å². The highest BCUT2D eigenvalue weighted by atomic mass is 16.4. The summed E-state index contributed by atoms with van der Waals surface area (Å²) in [6.07, 6.45) is 1.30. The van der Waals surface area contributed by atoms with Gasteiger partial charge in [0.15, 0.2) is 0 Å². The first-order chi connectivity index (χ1) is 7.56. The smallest absolute Gasteiger partial charge is 0.308 e. The van der Waals surface area contributed by atoms with Crippen LogP contribution >= 0.6 is 0 Å². The lowest BCUT2D eigenvalue weighted by atomic mass is 10.1. The van der Waals surface area contributed by atoms with E-state index in [1.165, 1.54) is 4.90 Å². The average molecular weight is 226 g/mol. The van der Waals surface area contributed by atoms with Gasteiger partial charge in [0, 0.05) is 32.0 Å². The number of carboxylic acid groups (broad SMARTS) is 1. The predicted octanol–water partition coefficient (Wildman–Crippen LogP) is -0.802. The Morgan fingerprint density at radius 3 is 2.75 bits per heavy atom. The fourth-order valence-electron chi connectivity index (χ4n) is 2.19. The maximum absolute atomic E-state index is 11.5. The molecule has 0 spiro atoms. The van der Waals surface area contributed by atoms with Gasteiger partial charge in [0.05, 0.1) is 5.92 Å². The molecule has 2 unspecified atom stereocenters. The zero-order chi connectivity index (χ0) is 11.7. The molecule has 2 rings (SSSR count). The summed E-state index contributed by atoms with van der Waals surface area (Å²) in [4.78, 5) is 34.8. The van der Waals surface area contributed by atoms with Gasteiger partial charge in [-0.2, -0.15) is 0 Å². The van der Waals surface area contributed by atoms with Crippen molar-refractivity contribution in [2.24, 2.45) is 5.92 Å². The maximum Gasteiger partial charge on any atom is 0.308 e. The number of carbonyl (C=O) groups excluding carboxylic acids is 2. The van der Waals surface area contributed by atoms with Crippen LogP contribution in [0.1, 0.15) is 19.3 Å². The molecule has 0 aromatic carbocycles. The third kappa shape index (κ3) is 2.15. The first-order valence-corrected chi connectivity index (χ1v) is 5.36. The lowest BCUT2D eigenvalue weighted by molar-refractivity contribution is -0.141. The Bertz CT molecular complexity index is 342. The van der Waals surface area contributed by atoms with E-state index in [4.69, 9.17) is 5.11 Å². The van der Waals surface area contributed by atoms with Gasteiger partial charge in [-0.3, -0.25) is 14.4 Å². The van der Waals surface area contributed by atoms with Gasteiger partial charge in [-0.15, -0.1) is 0 Å². The third-order valence-corrected chi connectivity index (χ3v) is 3.09. The number of carbonyl (C=O) groups is 3. The molecule has 88 valence electrons. The van der Waals surface area contributed by atoms with Crippen LogP contribution in [0.15, 0.2) is 0 Å². The van der Waals surface area contributed by atoms with E-state index in [9.17, 15) is 14.4 Å². The lowest BCUT2D eigenvalue weighted by Crippen LogP contribution is -2.39. The minimum absolute atomic E-state index is 0.00595. The van der Waals surface area contributed by atoms with Gasteiger partial charge in [-0.25, -0.2) is 0 Å². The van der Waals surface area contributed by atoms with Crippen molar-refractivity contribution in [1.82, 2.24) is 10.2 Å². The Morgan fingerprint density at radius 2 is 2.25 bits per heavy atom. The quantitative estimate of drug-likeness (QED) is 0.659. The van der Waals surface area contributed by atoms with Gasteiger partial charge in [-0.1, -0.05) is 0 Å². The van der Waals surface area contributed by atoms with Crippen molar-refractivity contribution in [3.8, 4) is 0 Å². The molecule has 0 bridgehead atoms. The van der Waals surface area contributed by atoms with E-state index in [1.807, 2.05) is 0 Å². The minimum atomic E-state index is -0.925. The molecule has 2 saturated heterocycles. The zero-order valence-electron chi connectivity index (χ0n) is 8.81. The van der Waals surface area contributed by atoms with E-state index < -0.39 is 11.9 Å². The van der Waals surface area contributed by atoms with E-state index in [2.05, 4.69) is 5.32 Å². The molecule has 2 heterocycles. The fourth-order valence-corrected chi connectivity index (χ4v) is 2.19. The van der Waals surface area contributed by atoms with E-state index in [1.54, 1.807) is 0 Å². The van der Waals surface area contributed by atoms with Crippen molar-refractivity contribution < 1.29 is 19.5 Å². The number of aliphatic carboxylic acids is 1. The minimum Gasteiger partial charge on any atom is -0.481 e. The van der Waals surface area contributed by atoms with Crippen molar-refractivity contribution in [3.63, 3.8) is 0 Å². The number of hydrogen-bond donors (Lipinski definition) is 2. The van der Waals surface area contributed by atoms with E-state index in [-0.39, 0.29) is 30.8 Å². The van der Waals surface area contributed by atoms with Crippen LogP contribution in [0, 0.1) is 5.92 Å². The first kappa shape index (κ1) is 10.9. The van der Waals surface area contributed by atoms with Crippen molar-refractivity contribution in [2.75, 3.05) is 13.1 Å². The molecule has 0 aliphatic carbocycles. The SMILES string of the molecule is O=C1CCC(CN2CC(C(=O)O)CC2=O)N1. The standard InChI is InChI=1S/C10H14N2O4/c13-8-2-1-7(11-8)5-12-4-6(10(15)16)3-9(12)14/h6-7H,1-5H2,(H,11,13)(H,15,16). The number of carboxylic acids is 1. The van der Waals surface area contributed by atoms with Gasteiger partial charge in [0.25, 0.3) is 0 Å². The fraction of sp³-hybridized carbons (Fsp3) is 0.700. The van der Waals surface area contributed by atoms with Crippen LogP contribution in [-0.4, -0.2) is 46.9 Å². The van der Waals surface area contributed by atoms with Gasteiger partial charge in [0.2, 0.25) is 11.8 Å². The summed E-state index contributed by atoms with van der Waals surface area (Å²) in [6.45, 7) is 0.703. The third-order valence-electron chi connectivity index (χ3n) is 3.09. The lowest BCUT2D eigenvalue weighted by Gasteiger charge is -2.20. The molecule has 16 heavy (non-hydrogen) atoms. The van der Waals surface area contributed by atoms with Crippen molar-refractivity contribution in [1.29, 1.82) is 0 Å². The number of nitrogens with one attached hydrogen (secondary N) is 1. The summed E-state index contributed by atoms with van der Waals surface area (Å²) < 4.78 is 0. The molecule has 6 nitrogen and oxygen atoms in total. The molecule has 2 N–H and O–H groups in total. The molecule has 0 radical (unpaired) electrons. The summed E-state index contributed by atoms with van der Waals surface area (Å²) >= 11 is 0. The van der Waals surface area contributed by atoms with Crippen LogP contribution in [0.25, 0.3) is 0 Å². The highest BCUT2D eigenvalue weighted by molar-refractivity contribution is 5.86. The van der Waals surface area contributed by atoms with Crippen molar-refractivity contribution >= 4 is 17.8 Å².